The highest BCUT2D eigenvalue weighted by Crippen LogP contribution is 2.29. The predicted octanol–water partition coefficient (Wildman–Crippen LogP) is 3.08. The van der Waals surface area contributed by atoms with Crippen molar-refractivity contribution in [1.29, 1.82) is 0 Å². The molecule has 2 aromatic carbocycles. The summed E-state index contributed by atoms with van der Waals surface area (Å²) in [4.78, 5) is 31.2. The molecule has 1 saturated heterocycles. The molecule has 0 saturated carbocycles. The lowest BCUT2D eigenvalue weighted by Gasteiger charge is -2.37. The number of halogens is 1. The third kappa shape index (κ3) is 3.60. The smallest absolute Gasteiger partial charge is 0.321 e. The van der Waals surface area contributed by atoms with Gasteiger partial charge in [-0.25, -0.2) is 9.18 Å². The molecule has 0 aromatic heterocycles. The van der Waals surface area contributed by atoms with Gasteiger partial charge >= 0.3 is 6.03 Å². The second-order valence-corrected chi connectivity index (χ2v) is 7.24. The number of nitrogens with zero attached hydrogens (tertiary/aromatic N) is 2. The highest BCUT2D eigenvalue weighted by Gasteiger charge is 2.42. The predicted molar refractivity (Wildman–Crippen MR) is 105 cm³/mol. The van der Waals surface area contributed by atoms with Gasteiger partial charge in [-0.05, 0) is 31.2 Å². The van der Waals surface area contributed by atoms with Crippen LogP contribution in [0.2, 0.25) is 0 Å². The molecule has 28 heavy (non-hydrogen) atoms. The van der Waals surface area contributed by atoms with Gasteiger partial charge in [-0.15, -0.1) is 0 Å². The Morgan fingerprint density at radius 1 is 1.18 bits per heavy atom. The molecule has 0 atom stereocenters. The quantitative estimate of drug-likeness (QED) is 0.840. The number of anilines is 1. The van der Waals surface area contributed by atoms with Gasteiger partial charge in [-0.2, -0.15) is 0 Å². The summed E-state index contributed by atoms with van der Waals surface area (Å²) >= 11 is 0. The molecule has 2 N–H and O–H groups in total. The van der Waals surface area contributed by atoms with E-state index in [0.29, 0.717) is 31.5 Å². The maximum absolute atomic E-state index is 13.5. The summed E-state index contributed by atoms with van der Waals surface area (Å²) in [5.74, 6) is -0.709. The lowest BCUT2D eigenvalue weighted by Crippen LogP contribution is -2.53. The summed E-state index contributed by atoms with van der Waals surface area (Å²) in [6.07, 6.45) is 1.03. The molecule has 2 aromatic rings. The van der Waals surface area contributed by atoms with E-state index < -0.39 is 11.5 Å². The zero-order valence-corrected chi connectivity index (χ0v) is 15.5. The van der Waals surface area contributed by atoms with Crippen LogP contribution in [0.25, 0.3) is 0 Å². The molecule has 2 aliphatic heterocycles. The van der Waals surface area contributed by atoms with E-state index in [9.17, 15) is 14.0 Å². The third-order valence-corrected chi connectivity index (χ3v) is 5.17. The fourth-order valence-corrected chi connectivity index (χ4v) is 3.55. The summed E-state index contributed by atoms with van der Waals surface area (Å²) < 4.78 is 13.5. The minimum atomic E-state index is -0.723. The van der Waals surface area contributed by atoms with Crippen LogP contribution in [0.1, 0.15) is 24.0 Å². The maximum atomic E-state index is 13.5. The van der Waals surface area contributed by atoms with E-state index in [0.717, 1.165) is 11.3 Å². The van der Waals surface area contributed by atoms with Gasteiger partial charge in [-0.1, -0.05) is 29.8 Å². The van der Waals surface area contributed by atoms with Crippen LogP contribution < -0.4 is 10.6 Å². The molecule has 2 aliphatic rings. The molecule has 0 aliphatic carbocycles. The van der Waals surface area contributed by atoms with Crippen LogP contribution in [0.5, 0.6) is 0 Å². The molecule has 0 bridgehead atoms. The van der Waals surface area contributed by atoms with E-state index >= 15 is 0 Å². The number of aliphatic imine (C=N–C) groups is 1. The van der Waals surface area contributed by atoms with Crippen LogP contribution in [0, 0.1) is 12.7 Å². The Kier molecular flexibility index (Phi) is 4.58. The number of rotatable bonds is 2. The van der Waals surface area contributed by atoms with Crippen molar-refractivity contribution in [3.8, 4) is 0 Å². The zero-order chi connectivity index (χ0) is 19.7. The van der Waals surface area contributed by atoms with Crippen molar-refractivity contribution in [1.82, 2.24) is 10.2 Å². The van der Waals surface area contributed by atoms with Gasteiger partial charge in [0, 0.05) is 37.2 Å². The summed E-state index contributed by atoms with van der Waals surface area (Å²) in [5.41, 5.74) is 1.86. The topological polar surface area (TPSA) is 73.8 Å². The SMILES string of the molecule is Cc1ccc(NC(=O)N2CCC3(CC2)N=C(c2cccc(F)c2)C(=O)N3)cc1. The first-order chi connectivity index (χ1) is 13.4. The number of hydrogen-bond acceptors (Lipinski definition) is 3. The molecular weight excluding hydrogens is 359 g/mol. The van der Waals surface area contributed by atoms with Crippen LogP contribution in [-0.2, 0) is 4.79 Å². The highest BCUT2D eigenvalue weighted by molar-refractivity contribution is 6.46. The van der Waals surface area contributed by atoms with Crippen LogP contribution in [0.4, 0.5) is 14.9 Å². The standard InChI is InChI=1S/C21H21FN4O2/c1-14-5-7-17(8-6-14)23-20(28)26-11-9-21(10-12-26)24-18(19(27)25-21)15-3-2-4-16(22)13-15/h2-8,13H,9-12H2,1H3,(H,23,28)(H,25,27). The van der Waals surface area contributed by atoms with E-state index in [4.69, 9.17) is 0 Å². The van der Waals surface area contributed by atoms with E-state index in [1.807, 2.05) is 31.2 Å². The number of aryl methyl sites for hydroxylation is 1. The van der Waals surface area contributed by atoms with Gasteiger partial charge < -0.3 is 15.5 Å². The Balaban J connectivity index is 1.42. The summed E-state index contributed by atoms with van der Waals surface area (Å²) in [6, 6.07) is 13.3. The number of amides is 3. The molecule has 144 valence electrons. The van der Waals surface area contributed by atoms with Crippen molar-refractivity contribution in [2.75, 3.05) is 18.4 Å². The number of benzene rings is 2. The van der Waals surface area contributed by atoms with Crippen molar-refractivity contribution in [2.24, 2.45) is 4.99 Å². The first kappa shape index (κ1) is 18.2. The fourth-order valence-electron chi connectivity index (χ4n) is 3.55. The Labute approximate surface area is 162 Å². The Bertz CT molecular complexity index is 947. The monoisotopic (exact) mass is 380 g/mol. The zero-order valence-electron chi connectivity index (χ0n) is 15.5. The normalized spacial score (nSPS) is 18.0. The van der Waals surface area contributed by atoms with E-state index in [1.165, 1.54) is 12.1 Å². The number of piperidine rings is 1. The Morgan fingerprint density at radius 2 is 1.89 bits per heavy atom. The van der Waals surface area contributed by atoms with Gasteiger partial charge in [0.15, 0.2) is 0 Å². The minimum Gasteiger partial charge on any atom is -0.326 e. The molecule has 7 heteroatoms. The largest absolute Gasteiger partial charge is 0.326 e. The van der Waals surface area contributed by atoms with Crippen molar-refractivity contribution in [3.63, 3.8) is 0 Å². The van der Waals surface area contributed by atoms with Gasteiger partial charge in [0.2, 0.25) is 0 Å². The van der Waals surface area contributed by atoms with Crippen LogP contribution in [0.15, 0.2) is 53.5 Å². The van der Waals surface area contributed by atoms with Crippen LogP contribution >= 0.6 is 0 Å². The van der Waals surface area contributed by atoms with Crippen molar-refractivity contribution in [3.05, 3.63) is 65.5 Å². The summed E-state index contributed by atoms with van der Waals surface area (Å²) in [6.45, 7) is 2.93. The molecule has 6 nitrogen and oxygen atoms in total. The third-order valence-electron chi connectivity index (χ3n) is 5.17. The average molecular weight is 380 g/mol. The van der Waals surface area contributed by atoms with Crippen molar-refractivity contribution >= 4 is 23.3 Å². The number of carbonyl (C=O) groups excluding carboxylic acids is 2. The van der Waals surface area contributed by atoms with Crippen LogP contribution in [-0.4, -0.2) is 41.3 Å². The lowest BCUT2D eigenvalue weighted by molar-refractivity contribution is -0.115. The van der Waals surface area contributed by atoms with E-state index in [2.05, 4.69) is 15.6 Å². The van der Waals surface area contributed by atoms with E-state index in [1.54, 1.807) is 17.0 Å². The highest BCUT2D eigenvalue weighted by atomic mass is 19.1. The van der Waals surface area contributed by atoms with Gasteiger partial charge in [0.05, 0.1) is 0 Å². The average Bonchev–Trinajstić information content (AvgIpc) is 3.00. The second kappa shape index (κ2) is 7.07. The molecular formula is C21H21FN4O2. The second-order valence-electron chi connectivity index (χ2n) is 7.24. The Morgan fingerprint density at radius 3 is 2.57 bits per heavy atom. The maximum Gasteiger partial charge on any atom is 0.321 e. The summed E-state index contributed by atoms with van der Waals surface area (Å²) in [7, 11) is 0. The number of carbonyl (C=O) groups is 2. The molecule has 0 unspecified atom stereocenters. The number of hydrogen-bond donors (Lipinski definition) is 2. The van der Waals surface area contributed by atoms with Gasteiger partial charge in [-0.3, -0.25) is 9.79 Å². The molecule has 1 fully saturated rings. The first-order valence-corrected chi connectivity index (χ1v) is 9.25. The molecule has 2 heterocycles. The number of nitrogens with one attached hydrogen (secondary N) is 2. The summed E-state index contributed by atoms with van der Waals surface area (Å²) in [5, 5.41) is 5.82. The van der Waals surface area contributed by atoms with Gasteiger partial charge in [0.25, 0.3) is 5.91 Å². The van der Waals surface area contributed by atoms with E-state index in [-0.39, 0.29) is 17.6 Å². The van der Waals surface area contributed by atoms with Crippen molar-refractivity contribution < 1.29 is 14.0 Å². The molecule has 3 amide bonds. The lowest BCUT2D eigenvalue weighted by atomic mass is 9.98. The molecule has 0 radical (unpaired) electrons. The first-order valence-electron chi connectivity index (χ1n) is 9.25. The Hall–Kier alpha value is -3.22. The molecule has 1 spiro atoms. The van der Waals surface area contributed by atoms with Crippen LogP contribution in [0.3, 0.4) is 0 Å². The fraction of sp³-hybridized carbons (Fsp3) is 0.286. The molecule has 4 rings (SSSR count). The minimum absolute atomic E-state index is 0.169. The van der Waals surface area contributed by atoms with Gasteiger partial charge in [0.1, 0.15) is 17.2 Å². The number of urea groups is 1. The number of likely N-dealkylation sites (tertiary alicyclic amines) is 1. The van der Waals surface area contributed by atoms with Crippen molar-refractivity contribution in [2.45, 2.75) is 25.4 Å².